The number of methoxy groups -OCH3 is 1. The molecule has 3 heterocycles. The predicted molar refractivity (Wildman–Crippen MR) is 173 cm³/mol. The highest BCUT2D eigenvalue weighted by molar-refractivity contribution is 7.91. The van der Waals surface area contributed by atoms with Crippen LogP contribution >= 0.6 is 0 Å². The van der Waals surface area contributed by atoms with E-state index in [0.717, 1.165) is 19.3 Å². The van der Waals surface area contributed by atoms with Gasteiger partial charge < -0.3 is 19.7 Å². The van der Waals surface area contributed by atoms with E-state index in [0.29, 0.717) is 16.7 Å². The number of pyridine rings is 1. The van der Waals surface area contributed by atoms with Gasteiger partial charge in [0.15, 0.2) is 11.6 Å². The minimum absolute atomic E-state index is 0.0453. The molecular formula is C34H42F2N4O7S. The number of allylic oxidation sites excluding steroid dienone is 1. The third kappa shape index (κ3) is 6.47. The molecule has 48 heavy (non-hydrogen) atoms. The first-order valence-electron chi connectivity index (χ1n) is 16.5. The second-order valence-corrected chi connectivity index (χ2v) is 16.1. The first kappa shape index (κ1) is 34.1. The molecule has 260 valence electrons. The Morgan fingerprint density at radius 3 is 2.67 bits per heavy atom. The molecule has 14 heteroatoms. The number of fused-ring (bicyclic) bond motifs is 3. The molecule has 1 saturated heterocycles. The number of nitrogens with one attached hydrogen (secondary N) is 2. The number of ether oxygens (including phenoxy) is 2. The molecule has 11 nitrogen and oxygen atoms in total. The van der Waals surface area contributed by atoms with Gasteiger partial charge in [0.2, 0.25) is 27.7 Å². The number of rotatable bonds is 7. The predicted octanol–water partition coefficient (Wildman–Crippen LogP) is 3.96. The van der Waals surface area contributed by atoms with Crippen LogP contribution in [0.15, 0.2) is 36.5 Å². The van der Waals surface area contributed by atoms with Crippen LogP contribution in [0.25, 0.3) is 10.8 Å². The summed E-state index contributed by atoms with van der Waals surface area (Å²) in [6.07, 6.45) is 7.60. The van der Waals surface area contributed by atoms with E-state index in [2.05, 4.69) is 21.9 Å². The molecule has 2 saturated carbocycles. The number of halogens is 2. The van der Waals surface area contributed by atoms with Crippen LogP contribution < -0.4 is 19.5 Å². The van der Waals surface area contributed by atoms with Crippen LogP contribution in [0.3, 0.4) is 0 Å². The first-order valence-corrected chi connectivity index (χ1v) is 18.0. The molecule has 2 aliphatic heterocycles. The van der Waals surface area contributed by atoms with Gasteiger partial charge in [-0.15, -0.1) is 0 Å². The quantitative estimate of drug-likeness (QED) is 0.417. The number of alkyl halides is 1. The van der Waals surface area contributed by atoms with E-state index < -0.39 is 62.7 Å². The summed E-state index contributed by atoms with van der Waals surface area (Å²) in [4.78, 5) is 47.2. The largest absolute Gasteiger partial charge is 0.494 e. The lowest BCUT2D eigenvalue weighted by atomic mass is 9.91. The van der Waals surface area contributed by atoms with E-state index in [1.807, 2.05) is 19.1 Å². The van der Waals surface area contributed by atoms with E-state index in [9.17, 15) is 31.6 Å². The Hall–Kier alpha value is -3.81. The lowest BCUT2D eigenvalue weighted by Gasteiger charge is -2.28. The van der Waals surface area contributed by atoms with Gasteiger partial charge in [-0.3, -0.25) is 19.1 Å². The summed E-state index contributed by atoms with van der Waals surface area (Å²) in [7, 11) is -2.96. The van der Waals surface area contributed by atoms with Crippen molar-refractivity contribution >= 4 is 38.5 Å². The standard InChI is InChI=1S/C34H42F2N4O7S/c1-20-6-4-5-7-23-17-34(23,32(43)39-48(44,45)33(19-35)9-10-33)38-30(42)27-15-24(18-40(27)29(41)13-21(2)12-20)47-31-25-16-26(36)28(46-3)14-22(25)8-11-37-31/h5,7-8,11,14,16,20-21,23-24,27H,4,6,9-10,12-13,15,17-19H2,1-3H3,(H,38,42)(H,39,43)/b7-5-/t20-,21-,23-,24-,27+,34-/m1/s1. The highest BCUT2D eigenvalue weighted by Gasteiger charge is 2.64. The third-order valence-electron chi connectivity index (χ3n) is 10.3. The molecule has 3 fully saturated rings. The van der Waals surface area contributed by atoms with Gasteiger partial charge in [0, 0.05) is 30.3 Å². The second-order valence-electron chi connectivity index (χ2n) is 14.0. The molecule has 2 aromatic rings. The van der Waals surface area contributed by atoms with E-state index in [4.69, 9.17) is 9.47 Å². The van der Waals surface area contributed by atoms with Crippen LogP contribution in [0.5, 0.6) is 11.6 Å². The Kier molecular flexibility index (Phi) is 9.16. The normalized spacial score (nSPS) is 31.0. The molecule has 0 bridgehead atoms. The SMILES string of the molecule is COc1cc2ccnc(O[C@@H]3C[C@H]4C(=O)N[C@]5(C(=O)NS(=O)(=O)C6(CF)CC6)C[C@H]5/C=C\CC[C@@H](C)C[C@@H](C)CC(=O)N4C3)c2cc1F. The van der Waals surface area contributed by atoms with Gasteiger partial charge in [-0.25, -0.2) is 22.2 Å². The Morgan fingerprint density at radius 1 is 1.19 bits per heavy atom. The summed E-state index contributed by atoms with van der Waals surface area (Å²) in [6, 6.07) is 3.45. The van der Waals surface area contributed by atoms with Gasteiger partial charge in [0.05, 0.1) is 13.7 Å². The number of carbonyl (C=O) groups is 3. The van der Waals surface area contributed by atoms with E-state index >= 15 is 0 Å². The Morgan fingerprint density at radius 2 is 1.96 bits per heavy atom. The summed E-state index contributed by atoms with van der Waals surface area (Å²) in [6.45, 7) is 3.06. The zero-order valence-electron chi connectivity index (χ0n) is 27.3. The van der Waals surface area contributed by atoms with Crippen molar-refractivity contribution in [2.24, 2.45) is 17.8 Å². The van der Waals surface area contributed by atoms with Gasteiger partial charge in [-0.1, -0.05) is 26.0 Å². The number of amides is 3. The monoisotopic (exact) mass is 688 g/mol. The van der Waals surface area contributed by atoms with Gasteiger partial charge in [-0.05, 0) is 73.9 Å². The maximum absolute atomic E-state index is 14.7. The molecule has 3 amide bonds. The summed E-state index contributed by atoms with van der Waals surface area (Å²) < 4.78 is 66.1. The van der Waals surface area contributed by atoms with Crippen molar-refractivity contribution in [3.05, 3.63) is 42.4 Å². The van der Waals surface area contributed by atoms with Crippen molar-refractivity contribution in [1.29, 1.82) is 0 Å². The summed E-state index contributed by atoms with van der Waals surface area (Å²) in [5.74, 6) is -2.32. The maximum Gasteiger partial charge on any atom is 0.259 e. The smallest absolute Gasteiger partial charge is 0.259 e. The third-order valence-corrected chi connectivity index (χ3v) is 12.4. The van der Waals surface area contributed by atoms with Crippen molar-refractivity contribution in [3.8, 4) is 11.6 Å². The van der Waals surface area contributed by atoms with Gasteiger partial charge in [0.1, 0.15) is 29.1 Å². The van der Waals surface area contributed by atoms with Crippen molar-refractivity contribution in [1.82, 2.24) is 19.9 Å². The van der Waals surface area contributed by atoms with Crippen LogP contribution in [0, 0.1) is 23.6 Å². The number of carbonyl (C=O) groups excluding carboxylic acids is 3. The molecule has 0 spiro atoms. The zero-order chi connectivity index (χ0) is 34.4. The van der Waals surface area contributed by atoms with Crippen molar-refractivity contribution in [2.75, 3.05) is 20.3 Å². The molecule has 2 N–H and O–H groups in total. The molecule has 1 aromatic carbocycles. The number of hydrogen-bond acceptors (Lipinski definition) is 8. The Balaban J connectivity index is 1.28. The van der Waals surface area contributed by atoms with Crippen LogP contribution in [0.2, 0.25) is 0 Å². The van der Waals surface area contributed by atoms with Gasteiger partial charge >= 0.3 is 0 Å². The minimum atomic E-state index is -4.33. The minimum Gasteiger partial charge on any atom is -0.494 e. The van der Waals surface area contributed by atoms with Crippen LogP contribution in [0.4, 0.5) is 8.78 Å². The van der Waals surface area contributed by atoms with E-state index in [1.54, 1.807) is 6.07 Å². The number of benzene rings is 1. The molecule has 6 rings (SSSR count). The molecule has 0 radical (unpaired) electrons. The molecular weight excluding hydrogens is 646 g/mol. The van der Waals surface area contributed by atoms with Gasteiger partial charge in [-0.2, -0.15) is 0 Å². The topological polar surface area (TPSA) is 144 Å². The molecule has 2 aliphatic carbocycles. The average Bonchev–Trinajstić information content (AvgIpc) is 3.94. The van der Waals surface area contributed by atoms with Crippen LogP contribution in [-0.4, -0.2) is 78.8 Å². The number of aromatic nitrogens is 1. The van der Waals surface area contributed by atoms with Crippen LogP contribution in [0.1, 0.15) is 65.2 Å². The fourth-order valence-corrected chi connectivity index (χ4v) is 8.55. The average molecular weight is 689 g/mol. The van der Waals surface area contributed by atoms with E-state index in [-0.39, 0.29) is 62.1 Å². The van der Waals surface area contributed by atoms with E-state index in [1.165, 1.54) is 30.3 Å². The Labute approximate surface area is 278 Å². The van der Waals surface area contributed by atoms with Crippen LogP contribution in [-0.2, 0) is 24.4 Å². The first-order chi connectivity index (χ1) is 22.8. The summed E-state index contributed by atoms with van der Waals surface area (Å²) >= 11 is 0. The fourth-order valence-electron chi connectivity index (χ4n) is 7.13. The second kappa shape index (κ2) is 12.9. The molecule has 1 aromatic heterocycles. The lowest BCUT2D eigenvalue weighted by molar-refractivity contribution is -0.140. The van der Waals surface area contributed by atoms with Gasteiger partial charge in [0.25, 0.3) is 5.91 Å². The van der Waals surface area contributed by atoms with Crippen molar-refractivity contribution < 1.29 is 41.1 Å². The fraction of sp³-hybridized carbons (Fsp3) is 0.588. The Bertz CT molecular complexity index is 1750. The summed E-state index contributed by atoms with van der Waals surface area (Å²) in [5.41, 5.74) is -1.58. The summed E-state index contributed by atoms with van der Waals surface area (Å²) in [5, 5.41) is 3.82. The highest BCUT2D eigenvalue weighted by atomic mass is 32.2. The number of sulfonamides is 1. The lowest BCUT2D eigenvalue weighted by Crippen LogP contribution is -2.57. The molecule has 6 atom stereocenters. The molecule has 4 aliphatic rings. The highest BCUT2D eigenvalue weighted by Crippen LogP contribution is 2.48. The maximum atomic E-state index is 14.7. The van der Waals surface area contributed by atoms with Crippen molar-refractivity contribution in [2.45, 2.75) is 87.6 Å². The number of nitrogens with zero attached hydrogens (tertiary/aromatic N) is 2. The van der Waals surface area contributed by atoms with Crippen molar-refractivity contribution in [3.63, 3.8) is 0 Å². The zero-order valence-corrected chi connectivity index (χ0v) is 28.2. The number of hydrogen-bond donors (Lipinski definition) is 2. The molecule has 0 unspecified atom stereocenters.